The molecule has 2 heterocycles. The highest BCUT2D eigenvalue weighted by Gasteiger charge is 2.44. The number of carboxylic acid groups (broad SMARTS) is 1. The first-order valence-electron chi connectivity index (χ1n) is 12.4. The Hall–Kier alpha value is -3.46. The maximum Gasteiger partial charge on any atom is 0.341 e. The van der Waals surface area contributed by atoms with Crippen molar-refractivity contribution in [3.8, 4) is 11.4 Å². The third-order valence-electron chi connectivity index (χ3n) is 7.68. The second-order valence-corrected chi connectivity index (χ2v) is 10.6. The van der Waals surface area contributed by atoms with E-state index in [2.05, 4.69) is 28.6 Å². The van der Waals surface area contributed by atoms with Crippen molar-refractivity contribution < 1.29 is 28.2 Å². The smallest absolute Gasteiger partial charge is 0.341 e. The molecule has 2 aromatic carbocycles. The lowest BCUT2D eigenvalue weighted by Crippen LogP contribution is -2.38. The standard InChI is InChI=1S/C28H31F2N3O4/c1-27(2,15-36-3)25-24(16-7-9-28(30,10-8-16)26(34)35)19-13-21-17(14-31-32-21)11-22(19)33(25)18-5-6-20(29)23(12-18)37-4/h5-6,11-14,16H,7-10,15H2,1-4H3,(H,31,32)(H,34,35)/t16-,28+. The van der Waals surface area contributed by atoms with Crippen LogP contribution in [-0.4, -0.2) is 52.3 Å². The summed E-state index contributed by atoms with van der Waals surface area (Å²) in [5.41, 5.74) is 1.77. The number of fused-ring (bicyclic) bond motifs is 2. The summed E-state index contributed by atoms with van der Waals surface area (Å²) in [6, 6.07) is 8.85. The first kappa shape index (κ1) is 25.2. The van der Waals surface area contributed by atoms with E-state index in [1.807, 2.05) is 12.1 Å². The number of aromatic amines is 1. The fourth-order valence-electron chi connectivity index (χ4n) is 5.89. The average molecular weight is 512 g/mol. The first-order chi connectivity index (χ1) is 17.6. The number of halogens is 2. The van der Waals surface area contributed by atoms with Gasteiger partial charge in [0.15, 0.2) is 11.6 Å². The minimum Gasteiger partial charge on any atom is -0.494 e. The quantitative estimate of drug-likeness (QED) is 0.316. The minimum absolute atomic E-state index is 0.0551. The van der Waals surface area contributed by atoms with Crippen molar-refractivity contribution in [3.05, 3.63) is 53.6 Å². The molecule has 9 heteroatoms. The Kier molecular flexibility index (Phi) is 6.22. The molecule has 1 fully saturated rings. The lowest BCUT2D eigenvalue weighted by atomic mass is 9.73. The van der Waals surface area contributed by atoms with Crippen molar-refractivity contribution in [2.75, 3.05) is 20.8 Å². The average Bonchev–Trinajstić information content (AvgIpc) is 3.45. The summed E-state index contributed by atoms with van der Waals surface area (Å²) >= 11 is 0. The molecular weight excluding hydrogens is 480 g/mol. The number of carbonyl (C=O) groups is 1. The number of nitrogens with zero attached hydrogens (tertiary/aromatic N) is 2. The fourth-order valence-corrected chi connectivity index (χ4v) is 5.89. The van der Waals surface area contributed by atoms with Gasteiger partial charge in [0.2, 0.25) is 5.67 Å². The Balaban J connectivity index is 1.82. The number of hydrogen-bond donors (Lipinski definition) is 2. The molecule has 0 amide bonds. The third kappa shape index (κ3) is 4.15. The molecule has 0 atom stereocenters. The Labute approximate surface area is 213 Å². The molecule has 1 saturated carbocycles. The van der Waals surface area contributed by atoms with Crippen LogP contribution in [0.15, 0.2) is 36.5 Å². The van der Waals surface area contributed by atoms with Crippen molar-refractivity contribution in [1.82, 2.24) is 14.8 Å². The van der Waals surface area contributed by atoms with Gasteiger partial charge in [-0.05, 0) is 61.4 Å². The van der Waals surface area contributed by atoms with Gasteiger partial charge in [-0.25, -0.2) is 13.6 Å². The van der Waals surface area contributed by atoms with E-state index in [1.165, 1.54) is 13.2 Å². The predicted octanol–water partition coefficient (Wildman–Crippen LogP) is 6.03. The number of carboxylic acids is 1. The molecule has 0 radical (unpaired) electrons. The fraction of sp³-hybridized carbons (Fsp3) is 0.429. The van der Waals surface area contributed by atoms with Crippen LogP contribution < -0.4 is 4.74 Å². The van der Waals surface area contributed by atoms with Crippen LogP contribution in [0.1, 0.15) is 56.7 Å². The van der Waals surface area contributed by atoms with Crippen LogP contribution in [0.4, 0.5) is 8.78 Å². The van der Waals surface area contributed by atoms with Crippen LogP contribution in [-0.2, 0) is 14.9 Å². The molecule has 5 rings (SSSR count). The monoisotopic (exact) mass is 511 g/mol. The van der Waals surface area contributed by atoms with Crippen molar-refractivity contribution in [2.24, 2.45) is 0 Å². The number of aromatic nitrogens is 3. The van der Waals surface area contributed by atoms with Crippen LogP contribution >= 0.6 is 0 Å². The molecule has 1 aliphatic rings. The molecule has 2 N–H and O–H groups in total. The molecule has 37 heavy (non-hydrogen) atoms. The number of nitrogens with one attached hydrogen (secondary N) is 1. The molecule has 0 aliphatic heterocycles. The lowest BCUT2D eigenvalue weighted by molar-refractivity contribution is -0.153. The highest BCUT2D eigenvalue weighted by Crippen LogP contribution is 2.48. The van der Waals surface area contributed by atoms with Crippen LogP contribution in [0.5, 0.6) is 5.75 Å². The molecule has 0 unspecified atom stereocenters. The summed E-state index contributed by atoms with van der Waals surface area (Å²) in [6.45, 7) is 4.57. The van der Waals surface area contributed by atoms with E-state index in [0.717, 1.165) is 38.8 Å². The number of rotatable bonds is 7. The van der Waals surface area contributed by atoms with Gasteiger partial charge >= 0.3 is 5.97 Å². The zero-order valence-corrected chi connectivity index (χ0v) is 21.4. The zero-order chi connectivity index (χ0) is 26.5. The van der Waals surface area contributed by atoms with Crippen molar-refractivity contribution >= 4 is 27.8 Å². The predicted molar refractivity (Wildman–Crippen MR) is 137 cm³/mol. The summed E-state index contributed by atoms with van der Waals surface area (Å²) in [5.74, 6) is -1.80. The zero-order valence-electron chi connectivity index (χ0n) is 21.4. The van der Waals surface area contributed by atoms with Crippen LogP contribution in [0.3, 0.4) is 0 Å². The molecule has 4 aromatic rings. The van der Waals surface area contributed by atoms with Crippen LogP contribution in [0.25, 0.3) is 27.5 Å². The van der Waals surface area contributed by atoms with E-state index in [1.54, 1.807) is 25.4 Å². The summed E-state index contributed by atoms with van der Waals surface area (Å²) in [7, 11) is 3.08. The van der Waals surface area contributed by atoms with Gasteiger partial charge in [-0.3, -0.25) is 5.10 Å². The van der Waals surface area contributed by atoms with Gasteiger partial charge < -0.3 is 19.1 Å². The Morgan fingerprint density at radius 1 is 1.24 bits per heavy atom. The van der Waals surface area contributed by atoms with E-state index in [-0.39, 0.29) is 24.5 Å². The molecule has 2 aromatic heterocycles. The Morgan fingerprint density at radius 3 is 2.62 bits per heavy atom. The first-order valence-corrected chi connectivity index (χ1v) is 12.4. The van der Waals surface area contributed by atoms with Gasteiger partial charge in [-0.2, -0.15) is 5.10 Å². The van der Waals surface area contributed by atoms with Crippen molar-refractivity contribution in [3.63, 3.8) is 0 Å². The number of H-pyrrole nitrogens is 1. The highest BCUT2D eigenvalue weighted by molar-refractivity contribution is 5.99. The van der Waals surface area contributed by atoms with E-state index in [4.69, 9.17) is 9.47 Å². The van der Waals surface area contributed by atoms with E-state index < -0.39 is 22.9 Å². The van der Waals surface area contributed by atoms with Gasteiger partial charge in [-0.15, -0.1) is 0 Å². The van der Waals surface area contributed by atoms with E-state index in [9.17, 15) is 14.3 Å². The van der Waals surface area contributed by atoms with Gasteiger partial charge in [0.05, 0.1) is 30.9 Å². The summed E-state index contributed by atoms with van der Waals surface area (Å²) < 4.78 is 42.5. The second kappa shape index (κ2) is 9.13. The third-order valence-corrected chi connectivity index (χ3v) is 7.68. The topological polar surface area (TPSA) is 89.4 Å². The van der Waals surface area contributed by atoms with E-state index >= 15 is 4.39 Å². The number of alkyl halides is 1. The van der Waals surface area contributed by atoms with Gasteiger partial charge in [0, 0.05) is 40.7 Å². The molecule has 0 spiro atoms. The summed E-state index contributed by atoms with van der Waals surface area (Å²) in [6.07, 6.45) is 2.43. The maximum atomic E-state index is 15.0. The molecule has 1 aliphatic carbocycles. The Morgan fingerprint density at radius 2 is 1.97 bits per heavy atom. The summed E-state index contributed by atoms with van der Waals surface area (Å²) in [5, 5.41) is 18.6. The lowest BCUT2D eigenvalue weighted by Gasteiger charge is -2.34. The number of hydrogen-bond acceptors (Lipinski definition) is 4. The van der Waals surface area contributed by atoms with Crippen LogP contribution in [0.2, 0.25) is 0 Å². The largest absolute Gasteiger partial charge is 0.494 e. The molecule has 7 nitrogen and oxygen atoms in total. The molecule has 0 bridgehead atoms. The second-order valence-electron chi connectivity index (χ2n) is 10.6. The van der Waals surface area contributed by atoms with Gasteiger partial charge in [0.1, 0.15) is 0 Å². The van der Waals surface area contributed by atoms with Gasteiger partial charge in [-0.1, -0.05) is 13.8 Å². The number of benzene rings is 2. The molecule has 0 saturated heterocycles. The van der Waals surface area contributed by atoms with Crippen LogP contribution in [0, 0.1) is 5.82 Å². The van der Waals surface area contributed by atoms with E-state index in [0.29, 0.717) is 19.4 Å². The van der Waals surface area contributed by atoms with Gasteiger partial charge in [0.25, 0.3) is 0 Å². The van der Waals surface area contributed by atoms with Crippen molar-refractivity contribution in [1.29, 1.82) is 0 Å². The van der Waals surface area contributed by atoms with Crippen molar-refractivity contribution in [2.45, 2.75) is 56.5 Å². The normalized spacial score (nSPS) is 20.5. The number of ether oxygens (including phenoxy) is 2. The maximum absolute atomic E-state index is 15.0. The molecule has 196 valence electrons. The highest BCUT2D eigenvalue weighted by atomic mass is 19.1. The summed E-state index contributed by atoms with van der Waals surface area (Å²) in [4.78, 5) is 11.6. The molecular formula is C28H31F2N3O4. The Bertz CT molecular complexity index is 1480. The number of methoxy groups -OCH3 is 2. The minimum atomic E-state index is -2.21. The number of aliphatic carboxylic acids is 1. The SMILES string of the molecule is COCC(C)(C)c1c([C@H]2CC[C@](F)(C(=O)O)CC2)c2cc3[nH]ncc3cc2n1-c1ccc(F)c(OC)c1.